The maximum Gasteiger partial charge on any atom is 0.573 e. The second-order valence-electron chi connectivity index (χ2n) is 5.25. The number of aromatic nitrogens is 1. The van der Waals surface area contributed by atoms with Gasteiger partial charge in [-0.3, -0.25) is 4.79 Å². The predicted molar refractivity (Wildman–Crippen MR) is 88.6 cm³/mol. The van der Waals surface area contributed by atoms with E-state index in [0.29, 0.717) is 0 Å². The molecular formula is C17H13F3N2O4S. The molecule has 0 saturated carbocycles. The highest BCUT2D eigenvalue weighted by Crippen LogP contribution is 2.29. The van der Waals surface area contributed by atoms with Crippen LogP contribution in [0.3, 0.4) is 0 Å². The highest BCUT2D eigenvalue weighted by Gasteiger charge is 2.32. The number of aryl methyl sites for hydroxylation is 1. The largest absolute Gasteiger partial charge is 0.573 e. The molecule has 0 aliphatic carbocycles. The summed E-state index contributed by atoms with van der Waals surface area (Å²) in [6.45, 7) is 3.13. The van der Waals surface area contributed by atoms with Gasteiger partial charge in [0.1, 0.15) is 10.8 Å². The number of hydrogen-bond acceptors (Lipinski definition) is 7. The molecule has 1 heterocycles. The Morgan fingerprint density at radius 1 is 1.37 bits per heavy atom. The number of ketones is 1. The Morgan fingerprint density at radius 3 is 2.63 bits per heavy atom. The van der Waals surface area contributed by atoms with Gasteiger partial charge in [-0.2, -0.15) is 5.26 Å². The first-order valence-corrected chi connectivity index (χ1v) is 8.47. The zero-order chi connectivity index (χ0) is 20.2. The number of esters is 1. The van der Waals surface area contributed by atoms with Gasteiger partial charge in [0, 0.05) is 10.9 Å². The van der Waals surface area contributed by atoms with Crippen LogP contribution in [0.1, 0.15) is 44.3 Å². The highest BCUT2D eigenvalue weighted by atomic mass is 32.1. The van der Waals surface area contributed by atoms with E-state index < -0.39 is 29.8 Å². The summed E-state index contributed by atoms with van der Waals surface area (Å²) in [4.78, 5) is 28.2. The third kappa shape index (κ3) is 5.04. The number of ether oxygens (including phenoxy) is 2. The molecular weight excluding hydrogens is 385 g/mol. The number of carbonyl (C=O) groups is 2. The van der Waals surface area contributed by atoms with Crippen LogP contribution in [0.25, 0.3) is 0 Å². The molecule has 0 radical (unpaired) electrons. The van der Waals surface area contributed by atoms with Crippen LogP contribution in [0.2, 0.25) is 0 Å². The first kappa shape index (κ1) is 20.4. The fourth-order valence-electron chi connectivity index (χ4n) is 2.15. The Bertz CT molecular complexity index is 902. The van der Waals surface area contributed by atoms with Crippen LogP contribution in [0.15, 0.2) is 23.6 Å². The number of thiazole rings is 1. The number of carbonyl (C=O) groups excluding carboxylic acids is 2. The minimum Gasteiger partial charge on any atom is -0.461 e. The van der Waals surface area contributed by atoms with Gasteiger partial charge in [0.25, 0.3) is 0 Å². The van der Waals surface area contributed by atoms with Crippen molar-refractivity contribution in [2.45, 2.75) is 26.1 Å². The fourth-order valence-corrected chi connectivity index (χ4v) is 2.98. The van der Waals surface area contributed by atoms with E-state index in [0.717, 1.165) is 23.5 Å². The fraction of sp³-hybridized carbons (Fsp3) is 0.294. The topological polar surface area (TPSA) is 89.3 Å². The molecule has 1 aromatic heterocycles. The van der Waals surface area contributed by atoms with Gasteiger partial charge in [-0.1, -0.05) is 0 Å². The van der Waals surface area contributed by atoms with Crippen molar-refractivity contribution in [3.05, 3.63) is 45.4 Å². The SMILES string of the molecule is CCOC(=O)c1csc(C(C#N)C(=O)c2ccc(OC(F)(F)F)c(C)c2)n1. The van der Waals surface area contributed by atoms with Crippen LogP contribution in [0.5, 0.6) is 5.75 Å². The number of hydrogen-bond donors (Lipinski definition) is 0. The van der Waals surface area contributed by atoms with Crippen molar-refractivity contribution in [2.75, 3.05) is 6.61 Å². The smallest absolute Gasteiger partial charge is 0.461 e. The molecule has 0 amide bonds. The number of nitrogens with zero attached hydrogens (tertiary/aromatic N) is 2. The minimum atomic E-state index is -4.85. The van der Waals surface area contributed by atoms with Gasteiger partial charge in [0.2, 0.25) is 0 Å². The summed E-state index contributed by atoms with van der Waals surface area (Å²) in [5.74, 6) is -3.06. The number of nitriles is 1. The number of Topliss-reactive ketones (excluding diaryl/α,β-unsaturated/α-hetero) is 1. The molecule has 0 aliphatic rings. The zero-order valence-electron chi connectivity index (χ0n) is 14.2. The van der Waals surface area contributed by atoms with E-state index in [1.807, 2.05) is 6.07 Å². The second-order valence-corrected chi connectivity index (χ2v) is 6.14. The van der Waals surface area contributed by atoms with Crippen molar-refractivity contribution in [3.8, 4) is 11.8 Å². The van der Waals surface area contributed by atoms with Crippen molar-refractivity contribution in [2.24, 2.45) is 0 Å². The summed E-state index contributed by atoms with van der Waals surface area (Å²) in [7, 11) is 0. The van der Waals surface area contributed by atoms with Crippen molar-refractivity contribution in [1.29, 1.82) is 5.26 Å². The summed E-state index contributed by atoms with van der Waals surface area (Å²) < 4.78 is 45.6. The van der Waals surface area contributed by atoms with Gasteiger partial charge in [0.15, 0.2) is 17.4 Å². The lowest BCUT2D eigenvalue weighted by molar-refractivity contribution is -0.274. The van der Waals surface area contributed by atoms with Crippen LogP contribution < -0.4 is 4.74 Å². The number of rotatable bonds is 6. The standard InChI is InChI=1S/C17H13F3N2O4S/c1-3-25-16(24)12-8-27-15(22-12)11(7-21)14(23)10-4-5-13(9(2)6-10)26-17(18,19)20/h4-6,8,11H,3H2,1-2H3. The predicted octanol–water partition coefficient (Wildman–Crippen LogP) is 4.02. The Morgan fingerprint density at radius 2 is 2.07 bits per heavy atom. The van der Waals surface area contributed by atoms with Crippen LogP contribution in [0, 0.1) is 18.3 Å². The van der Waals surface area contributed by atoms with E-state index >= 15 is 0 Å². The summed E-state index contributed by atoms with van der Waals surface area (Å²) >= 11 is 0.946. The number of halogens is 3. The highest BCUT2D eigenvalue weighted by molar-refractivity contribution is 7.10. The molecule has 0 aliphatic heterocycles. The van der Waals surface area contributed by atoms with E-state index in [4.69, 9.17) is 4.74 Å². The third-order valence-corrected chi connectivity index (χ3v) is 4.24. The van der Waals surface area contributed by atoms with E-state index in [2.05, 4.69) is 9.72 Å². The number of benzene rings is 1. The molecule has 6 nitrogen and oxygen atoms in total. The molecule has 1 unspecified atom stereocenters. The summed E-state index contributed by atoms with van der Waals surface area (Å²) in [6.07, 6.45) is -4.85. The molecule has 1 atom stereocenters. The van der Waals surface area contributed by atoms with Gasteiger partial charge in [-0.15, -0.1) is 24.5 Å². The monoisotopic (exact) mass is 398 g/mol. The van der Waals surface area contributed by atoms with Gasteiger partial charge >= 0.3 is 12.3 Å². The number of alkyl halides is 3. The van der Waals surface area contributed by atoms with Crippen LogP contribution in [-0.2, 0) is 4.74 Å². The van der Waals surface area contributed by atoms with Crippen LogP contribution in [0.4, 0.5) is 13.2 Å². The molecule has 0 fully saturated rings. The molecule has 142 valence electrons. The van der Waals surface area contributed by atoms with E-state index in [-0.39, 0.29) is 28.4 Å². The second kappa shape index (κ2) is 8.18. The first-order valence-electron chi connectivity index (χ1n) is 7.59. The Kier molecular flexibility index (Phi) is 6.17. The molecule has 0 spiro atoms. The van der Waals surface area contributed by atoms with Crippen LogP contribution in [-0.4, -0.2) is 29.7 Å². The third-order valence-electron chi connectivity index (χ3n) is 3.33. The molecule has 27 heavy (non-hydrogen) atoms. The zero-order valence-corrected chi connectivity index (χ0v) is 15.0. The van der Waals surface area contributed by atoms with Gasteiger partial charge in [0.05, 0.1) is 12.7 Å². The summed E-state index contributed by atoms with van der Waals surface area (Å²) in [5, 5.41) is 10.8. The molecule has 1 aromatic carbocycles. The van der Waals surface area contributed by atoms with Gasteiger partial charge in [-0.25, -0.2) is 9.78 Å². The van der Waals surface area contributed by atoms with Gasteiger partial charge in [-0.05, 0) is 37.6 Å². The Labute approximate surface area is 156 Å². The van der Waals surface area contributed by atoms with E-state index in [1.54, 1.807) is 6.92 Å². The lowest BCUT2D eigenvalue weighted by Crippen LogP contribution is -2.18. The van der Waals surface area contributed by atoms with Crippen molar-refractivity contribution in [1.82, 2.24) is 4.98 Å². The van der Waals surface area contributed by atoms with Crippen molar-refractivity contribution in [3.63, 3.8) is 0 Å². The molecule has 2 aromatic rings. The molecule has 0 saturated heterocycles. The Balaban J connectivity index is 2.26. The first-order chi connectivity index (χ1) is 12.7. The lowest BCUT2D eigenvalue weighted by atomic mass is 9.98. The average Bonchev–Trinajstić information content (AvgIpc) is 3.06. The Hall–Kier alpha value is -2.93. The maximum atomic E-state index is 12.6. The summed E-state index contributed by atoms with van der Waals surface area (Å²) in [6, 6.07) is 5.16. The van der Waals surface area contributed by atoms with E-state index in [1.165, 1.54) is 18.4 Å². The van der Waals surface area contributed by atoms with E-state index in [9.17, 15) is 28.0 Å². The molecule has 0 N–H and O–H groups in total. The van der Waals surface area contributed by atoms with Crippen LogP contribution >= 0.6 is 11.3 Å². The minimum absolute atomic E-state index is 0.0185. The molecule has 0 bridgehead atoms. The molecule has 2 rings (SSSR count). The molecule has 10 heteroatoms. The summed E-state index contributed by atoms with van der Waals surface area (Å²) in [5.41, 5.74) is 0.0951. The van der Waals surface area contributed by atoms with Crippen molar-refractivity contribution < 1.29 is 32.2 Å². The maximum absolute atomic E-state index is 12.6. The normalized spacial score (nSPS) is 12.1. The lowest BCUT2D eigenvalue weighted by Gasteiger charge is -2.12. The average molecular weight is 398 g/mol. The quantitative estimate of drug-likeness (QED) is 0.539. The van der Waals surface area contributed by atoms with Gasteiger partial charge < -0.3 is 9.47 Å². The van der Waals surface area contributed by atoms with Crippen molar-refractivity contribution >= 4 is 23.1 Å².